The number of carbonyl (C=O) groups excluding carboxylic acids is 1. The third-order valence-electron chi connectivity index (χ3n) is 3.04. The molecule has 4 heteroatoms. The second kappa shape index (κ2) is 7.44. The summed E-state index contributed by atoms with van der Waals surface area (Å²) >= 11 is 1.12. The van der Waals surface area contributed by atoms with E-state index < -0.39 is 7.14 Å². The number of carbonyl (C=O) groups is 1. The van der Waals surface area contributed by atoms with Gasteiger partial charge in [0.25, 0.3) is 4.86 Å². The van der Waals surface area contributed by atoms with Crippen LogP contribution in [0.25, 0.3) is 0 Å². The molecule has 2 aromatic rings. The van der Waals surface area contributed by atoms with Crippen LogP contribution in [0.2, 0.25) is 0 Å². The highest BCUT2D eigenvalue weighted by molar-refractivity contribution is 8.29. The van der Waals surface area contributed by atoms with Gasteiger partial charge in [-0.2, -0.15) is 0 Å². The predicted molar refractivity (Wildman–Crippen MR) is 92.4 cm³/mol. The molecule has 21 heavy (non-hydrogen) atoms. The number of hydrogen-bond acceptors (Lipinski definition) is 3. The summed E-state index contributed by atoms with van der Waals surface area (Å²) in [5.41, 5.74) is 0. The molecule has 0 fully saturated rings. The third kappa shape index (κ3) is 3.55. The van der Waals surface area contributed by atoms with Crippen molar-refractivity contribution in [3.63, 3.8) is 0 Å². The lowest BCUT2D eigenvalue weighted by atomic mass is 10.4. The van der Waals surface area contributed by atoms with Crippen molar-refractivity contribution in [2.75, 3.05) is 5.75 Å². The minimum Gasteiger partial charge on any atom is -0.305 e. The van der Waals surface area contributed by atoms with Crippen LogP contribution in [0.15, 0.2) is 73.3 Å². The van der Waals surface area contributed by atoms with Gasteiger partial charge in [0.15, 0.2) is 0 Å². The highest BCUT2D eigenvalue weighted by Gasteiger charge is 2.35. The Labute approximate surface area is 129 Å². The molecule has 0 bridgehead atoms. The molecule has 0 saturated heterocycles. The van der Waals surface area contributed by atoms with Crippen LogP contribution in [0, 0.1) is 0 Å². The van der Waals surface area contributed by atoms with Crippen molar-refractivity contribution < 1.29 is 9.36 Å². The Bertz CT molecular complexity index is 610. The lowest BCUT2D eigenvalue weighted by Gasteiger charge is -2.17. The van der Waals surface area contributed by atoms with Crippen molar-refractivity contribution in [1.82, 2.24) is 0 Å². The van der Waals surface area contributed by atoms with E-state index in [9.17, 15) is 9.36 Å². The maximum absolute atomic E-state index is 13.5. The second-order valence-electron chi connectivity index (χ2n) is 4.47. The Morgan fingerprint density at radius 2 is 1.48 bits per heavy atom. The van der Waals surface area contributed by atoms with Crippen LogP contribution in [0.1, 0.15) is 6.42 Å². The second-order valence-corrected chi connectivity index (χ2v) is 8.50. The van der Waals surface area contributed by atoms with Gasteiger partial charge in [0.05, 0.1) is 0 Å². The molecule has 2 nitrogen and oxygen atoms in total. The molecule has 0 aliphatic rings. The number of thioether (sulfide) groups is 1. The van der Waals surface area contributed by atoms with Crippen LogP contribution in [-0.4, -0.2) is 10.6 Å². The van der Waals surface area contributed by atoms with E-state index in [1.165, 1.54) is 0 Å². The van der Waals surface area contributed by atoms with Crippen molar-refractivity contribution in [2.45, 2.75) is 6.42 Å². The van der Waals surface area contributed by atoms with Crippen molar-refractivity contribution in [2.24, 2.45) is 0 Å². The summed E-state index contributed by atoms with van der Waals surface area (Å²) in [6.07, 6.45) is 2.48. The van der Waals surface area contributed by atoms with Gasteiger partial charge >= 0.3 is 0 Å². The van der Waals surface area contributed by atoms with Crippen LogP contribution in [0.5, 0.6) is 0 Å². The lowest BCUT2D eigenvalue weighted by Crippen LogP contribution is -2.20. The van der Waals surface area contributed by atoms with Gasteiger partial charge in [-0.05, 0) is 6.42 Å². The van der Waals surface area contributed by atoms with Crippen LogP contribution in [0.4, 0.5) is 4.79 Å². The van der Waals surface area contributed by atoms with Gasteiger partial charge in [0.2, 0.25) is 7.14 Å². The zero-order valence-corrected chi connectivity index (χ0v) is 13.4. The van der Waals surface area contributed by atoms with Gasteiger partial charge in [-0.15, -0.1) is 6.58 Å². The molecule has 0 unspecified atom stereocenters. The zero-order chi connectivity index (χ0) is 15.1. The summed E-state index contributed by atoms with van der Waals surface area (Å²) in [4.78, 5) is 12.3. The topological polar surface area (TPSA) is 34.1 Å². The molecule has 108 valence electrons. The molecule has 0 N–H and O–H groups in total. The molecule has 0 radical (unpaired) electrons. The summed E-state index contributed by atoms with van der Waals surface area (Å²) in [7, 11) is -3.27. The standard InChI is InChI=1S/C17H17O2PS/c1-2-3-14-21-17(18)20(19,15-10-6-4-7-11-15)16-12-8-5-9-13-16/h2,4-13H,1,3,14H2. The summed E-state index contributed by atoms with van der Waals surface area (Å²) in [6, 6.07) is 18.0. The Morgan fingerprint density at radius 1 is 1.00 bits per heavy atom. The van der Waals surface area contributed by atoms with E-state index in [2.05, 4.69) is 6.58 Å². The molecule has 0 aliphatic carbocycles. The highest BCUT2D eigenvalue weighted by atomic mass is 32.2. The molecular formula is C17H17O2PS. The number of hydrogen-bond donors (Lipinski definition) is 0. The number of benzene rings is 2. The fourth-order valence-corrected chi connectivity index (χ4v) is 5.95. The average Bonchev–Trinajstić information content (AvgIpc) is 2.56. The minimum atomic E-state index is -3.27. The third-order valence-corrected chi connectivity index (χ3v) is 7.45. The van der Waals surface area contributed by atoms with Crippen LogP contribution in [-0.2, 0) is 4.57 Å². The molecule has 0 aromatic heterocycles. The Hall–Kier alpha value is -1.57. The predicted octanol–water partition coefficient (Wildman–Crippen LogP) is 4.43. The van der Waals surface area contributed by atoms with E-state index >= 15 is 0 Å². The van der Waals surface area contributed by atoms with Crippen molar-refractivity contribution in [3.8, 4) is 0 Å². The first-order chi connectivity index (χ1) is 10.2. The van der Waals surface area contributed by atoms with Crippen molar-refractivity contribution >= 4 is 34.4 Å². The van der Waals surface area contributed by atoms with Gasteiger partial charge in [-0.1, -0.05) is 78.5 Å². The van der Waals surface area contributed by atoms with E-state index in [0.717, 1.165) is 18.2 Å². The van der Waals surface area contributed by atoms with Gasteiger partial charge in [-0.3, -0.25) is 4.79 Å². The van der Waals surface area contributed by atoms with Crippen LogP contribution in [0.3, 0.4) is 0 Å². The average molecular weight is 316 g/mol. The lowest BCUT2D eigenvalue weighted by molar-refractivity contribution is 0.275. The van der Waals surface area contributed by atoms with Gasteiger partial charge in [0.1, 0.15) is 0 Å². The van der Waals surface area contributed by atoms with E-state index in [-0.39, 0.29) is 4.86 Å². The molecule has 0 heterocycles. The summed E-state index contributed by atoms with van der Waals surface area (Å²) in [5.74, 6) is 0.603. The quantitative estimate of drug-likeness (QED) is 0.449. The Kier molecular flexibility index (Phi) is 5.60. The van der Waals surface area contributed by atoms with E-state index in [0.29, 0.717) is 16.4 Å². The Morgan fingerprint density at radius 3 is 1.90 bits per heavy atom. The van der Waals surface area contributed by atoms with Crippen molar-refractivity contribution in [3.05, 3.63) is 73.3 Å². The van der Waals surface area contributed by atoms with Crippen molar-refractivity contribution in [1.29, 1.82) is 0 Å². The molecule has 2 aromatic carbocycles. The first-order valence-electron chi connectivity index (χ1n) is 6.69. The van der Waals surface area contributed by atoms with Gasteiger partial charge < -0.3 is 4.57 Å². The van der Waals surface area contributed by atoms with E-state index in [4.69, 9.17) is 0 Å². The van der Waals surface area contributed by atoms with Crippen LogP contribution >= 0.6 is 18.9 Å². The smallest absolute Gasteiger partial charge is 0.256 e. The summed E-state index contributed by atoms with van der Waals surface area (Å²) in [6.45, 7) is 3.64. The largest absolute Gasteiger partial charge is 0.305 e. The SMILES string of the molecule is C=CCCSC(=O)P(=O)(c1ccccc1)c1ccccc1. The number of allylic oxidation sites excluding steroid dienone is 1. The first kappa shape index (κ1) is 15.8. The monoisotopic (exact) mass is 316 g/mol. The molecular weight excluding hydrogens is 299 g/mol. The normalized spacial score (nSPS) is 11.0. The first-order valence-corrected chi connectivity index (χ1v) is 9.38. The van der Waals surface area contributed by atoms with Gasteiger partial charge in [0, 0.05) is 16.4 Å². The number of rotatable bonds is 6. The molecule has 0 amide bonds. The maximum atomic E-state index is 13.5. The molecule has 0 aliphatic heterocycles. The van der Waals surface area contributed by atoms with E-state index in [1.807, 2.05) is 36.4 Å². The molecule has 2 rings (SSSR count). The molecule has 0 saturated carbocycles. The summed E-state index contributed by atoms with van der Waals surface area (Å²) in [5, 5.41) is 1.18. The fourth-order valence-electron chi connectivity index (χ4n) is 1.96. The Balaban J connectivity index is 2.43. The molecule has 0 atom stereocenters. The molecule has 0 spiro atoms. The maximum Gasteiger partial charge on any atom is 0.256 e. The highest BCUT2D eigenvalue weighted by Crippen LogP contribution is 2.48. The van der Waals surface area contributed by atoms with Crippen LogP contribution < -0.4 is 10.6 Å². The van der Waals surface area contributed by atoms with E-state index in [1.54, 1.807) is 30.3 Å². The van der Waals surface area contributed by atoms with Gasteiger partial charge in [-0.25, -0.2) is 0 Å². The summed E-state index contributed by atoms with van der Waals surface area (Å²) < 4.78 is 13.5. The zero-order valence-electron chi connectivity index (χ0n) is 11.6. The minimum absolute atomic E-state index is 0.262. The fraction of sp³-hybridized carbons (Fsp3) is 0.118.